The second kappa shape index (κ2) is 6.48. The second-order valence-corrected chi connectivity index (χ2v) is 8.27. The highest BCUT2D eigenvalue weighted by Crippen LogP contribution is 2.34. The molecule has 0 unspecified atom stereocenters. The van der Waals surface area contributed by atoms with Gasteiger partial charge in [0, 0.05) is 12.8 Å². The number of hydrogen-bond donors (Lipinski definition) is 1. The van der Waals surface area contributed by atoms with E-state index in [1.165, 1.54) is 6.33 Å². The minimum atomic E-state index is -0.159. The van der Waals surface area contributed by atoms with Crippen LogP contribution in [0.15, 0.2) is 24.8 Å². The molecule has 1 aliphatic rings. The van der Waals surface area contributed by atoms with Crippen molar-refractivity contribution < 1.29 is 4.74 Å². The topological polar surface area (TPSA) is 95.1 Å². The number of nitrogens with zero attached hydrogens (tertiary/aromatic N) is 7. The van der Waals surface area contributed by atoms with E-state index in [9.17, 15) is 0 Å². The molecule has 150 valence electrons. The molecule has 1 fully saturated rings. The smallest absolute Gasteiger partial charge is 0.229 e. The van der Waals surface area contributed by atoms with Gasteiger partial charge in [-0.05, 0) is 52.2 Å². The van der Waals surface area contributed by atoms with Crippen molar-refractivity contribution in [3.05, 3.63) is 36.0 Å². The van der Waals surface area contributed by atoms with Crippen LogP contribution in [0.4, 0.5) is 11.6 Å². The van der Waals surface area contributed by atoms with Crippen molar-refractivity contribution in [2.75, 3.05) is 11.9 Å². The summed E-state index contributed by atoms with van der Waals surface area (Å²) in [4.78, 5) is 13.5. The molecular weight excluding hydrogens is 368 g/mol. The number of nitrogens with one attached hydrogen (secondary N) is 1. The van der Waals surface area contributed by atoms with E-state index in [0.29, 0.717) is 5.95 Å². The van der Waals surface area contributed by atoms with Crippen molar-refractivity contribution in [1.29, 1.82) is 0 Å². The van der Waals surface area contributed by atoms with Crippen molar-refractivity contribution in [2.45, 2.75) is 52.2 Å². The quantitative estimate of drug-likeness (QED) is 0.571. The van der Waals surface area contributed by atoms with Gasteiger partial charge in [0.05, 0.1) is 34.6 Å². The van der Waals surface area contributed by atoms with Gasteiger partial charge in [-0.15, -0.1) is 0 Å². The van der Waals surface area contributed by atoms with Crippen molar-refractivity contribution in [3.8, 4) is 0 Å². The summed E-state index contributed by atoms with van der Waals surface area (Å²) in [7, 11) is 0. The first kappa shape index (κ1) is 18.0. The normalized spacial score (nSPS) is 19.1. The fourth-order valence-electron chi connectivity index (χ4n) is 4.00. The van der Waals surface area contributed by atoms with E-state index >= 15 is 0 Å². The summed E-state index contributed by atoms with van der Waals surface area (Å²) in [6.07, 6.45) is 7.11. The maximum Gasteiger partial charge on any atom is 0.229 e. The highest BCUT2D eigenvalue weighted by Gasteiger charge is 2.31. The molecule has 0 aliphatic carbocycles. The number of anilines is 2. The zero-order valence-electron chi connectivity index (χ0n) is 17.0. The average Bonchev–Trinajstić information content (AvgIpc) is 3.25. The Bertz CT molecular complexity index is 1210. The predicted octanol–water partition coefficient (Wildman–Crippen LogP) is 3.36. The number of rotatable bonds is 3. The van der Waals surface area contributed by atoms with Gasteiger partial charge in [0.2, 0.25) is 5.95 Å². The van der Waals surface area contributed by atoms with Gasteiger partial charge in [0.1, 0.15) is 6.33 Å². The number of hydrogen-bond acceptors (Lipinski definition) is 7. The zero-order valence-corrected chi connectivity index (χ0v) is 17.0. The van der Waals surface area contributed by atoms with Gasteiger partial charge < -0.3 is 10.1 Å². The van der Waals surface area contributed by atoms with Crippen molar-refractivity contribution in [1.82, 2.24) is 34.3 Å². The van der Waals surface area contributed by atoms with E-state index in [2.05, 4.69) is 38.9 Å². The molecule has 0 bridgehead atoms. The van der Waals surface area contributed by atoms with Crippen LogP contribution in [0.2, 0.25) is 0 Å². The lowest BCUT2D eigenvalue weighted by molar-refractivity contribution is -0.0702. The maximum absolute atomic E-state index is 5.88. The highest BCUT2D eigenvalue weighted by atomic mass is 16.5. The minimum absolute atomic E-state index is 0.159. The lowest BCUT2D eigenvalue weighted by Gasteiger charge is -2.35. The molecule has 0 aromatic carbocycles. The number of aromatic nitrogens is 7. The number of pyridine rings is 1. The zero-order chi connectivity index (χ0) is 20.2. The van der Waals surface area contributed by atoms with Crippen LogP contribution in [-0.4, -0.2) is 46.6 Å². The summed E-state index contributed by atoms with van der Waals surface area (Å²) in [5, 5.41) is 13.3. The van der Waals surface area contributed by atoms with Crippen molar-refractivity contribution in [3.63, 3.8) is 0 Å². The summed E-state index contributed by atoms with van der Waals surface area (Å²) in [5.74, 6) is 0.535. The Morgan fingerprint density at radius 3 is 2.93 bits per heavy atom. The Morgan fingerprint density at radius 2 is 2.10 bits per heavy atom. The van der Waals surface area contributed by atoms with E-state index in [0.717, 1.165) is 53.1 Å². The predicted molar refractivity (Wildman–Crippen MR) is 109 cm³/mol. The molecule has 5 rings (SSSR count). The average molecular weight is 392 g/mol. The molecule has 4 aromatic rings. The van der Waals surface area contributed by atoms with E-state index in [1.807, 2.05) is 32.3 Å². The Morgan fingerprint density at radius 1 is 1.24 bits per heavy atom. The monoisotopic (exact) mass is 392 g/mol. The van der Waals surface area contributed by atoms with Gasteiger partial charge in [0.15, 0.2) is 11.3 Å². The Kier molecular flexibility index (Phi) is 4.02. The Labute approximate surface area is 168 Å². The molecule has 0 saturated carbocycles. The van der Waals surface area contributed by atoms with E-state index < -0.39 is 0 Å². The van der Waals surface area contributed by atoms with Crippen LogP contribution in [0.1, 0.15) is 44.0 Å². The molecule has 1 atom stereocenters. The largest absolute Gasteiger partial charge is 0.375 e. The SMILES string of the molecule is Cc1cc2ncnn2cc1Nc1ncc2c(C)nn([C@@H]3CCOC(C)(C)C3)c2n1. The number of fused-ring (bicyclic) bond motifs is 2. The number of aryl methyl sites for hydroxylation is 2. The lowest BCUT2D eigenvalue weighted by atomic mass is 9.94. The Balaban J connectivity index is 1.53. The van der Waals surface area contributed by atoms with Crippen molar-refractivity contribution in [2.24, 2.45) is 0 Å². The molecule has 4 aromatic heterocycles. The summed E-state index contributed by atoms with van der Waals surface area (Å²) in [6, 6.07) is 2.23. The fourth-order valence-corrected chi connectivity index (χ4v) is 4.00. The molecule has 1 aliphatic heterocycles. The van der Waals surface area contributed by atoms with E-state index in [-0.39, 0.29) is 11.6 Å². The van der Waals surface area contributed by atoms with Gasteiger partial charge in [-0.1, -0.05) is 0 Å². The van der Waals surface area contributed by atoms with Crippen LogP contribution in [-0.2, 0) is 4.74 Å². The van der Waals surface area contributed by atoms with Crippen LogP contribution in [0.5, 0.6) is 0 Å². The Hall–Kier alpha value is -3.07. The first-order valence-electron chi connectivity index (χ1n) is 9.82. The third kappa shape index (κ3) is 3.21. The molecule has 0 radical (unpaired) electrons. The summed E-state index contributed by atoms with van der Waals surface area (Å²) in [5.41, 5.74) is 4.37. The second-order valence-electron chi connectivity index (χ2n) is 8.27. The molecule has 1 N–H and O–H groups in total. The van der Waals surface area contributed by atoms with Crippen LogP contribution in [0.25, 0.3) is 16.7 Å². The van der Waals surface area contributed by atoms with E-state index in [4.69, 9.17) is 14.8 Å². The molecule has 9 nitrogen and oxygen atoms in total. The molecule has 0 amide bonds. The van der Waals surface area contributed by atoms with Gasteiger partial charge in [-0.3, -0.25) is 0 Å². The lowest BCUT2D eigenvalue weighted by Crippen LogP contribution is -2.35. The number of ether oxygens (including phenoxy) is 1. The molecular formula is C20H24N8O. The van der Waals surface area contributed by atoms with Crippen molar-refractivity contribution >= 4 is 28.3 Å². The molecule has 0 spiro atoms. The molecule has 9 heteroatoms. The van der Waals surface area contributed by atoms with E-state index in [1.54, 1.807) is 4.52 Å². The van der Waals surface area contributed by atoms with Crippen LogP contribution >= 0.6 is 0 Å². The van der Waals surface area contributed by atoms with Crippen LogP contribution < -0.4 is 5.32 Å². The van der Waals surface area contributed by atoms with Gasteiger partial charge >= 0.3 is 0 Å². The van der Waals surface area contributed by atoms with Gasteiger partial charge in [-0.25, -0.2) is 19.2 Å². The first-order chi connectivity index (χ1) is 13.9. The summed E-state index contributed by atoms with van der Waals surface area (Å²) in [6.45, 7) is 9.01. The highest BCUT2D eigenvalue weighted by molar-refractivity contribution is 5.79. The molecule has 29 heavy (non-hydrogen) atoms. The summed E-state index contributed by atoms with van der Waals surface area (Å²) >= 11 is 0. The van der Waals surface area contributed by atoms with Crippen LogP contribution in [0, 0.1) is 13.8 Å². The standard InChI is InChI=1S/C20H24N8O/c1-12-7-17-22-11-23-27(17)10-16(12)24-19-21-9-15-13(2)26-28(18(15)25-19)14-5-6-29-20(3,4)8-14/h7,9-11,14H,5-6,8H2,1-4H3,(H,21,24,25)/t14-/m1/s1. The third-order valence-electron chi connectivity index (χ3n) is 5.52. The van der Waals surface area contributed by atoms with Crippen LogP contribution in [0.3, 0.4) is 0 Å². The minimum Gasteiger partial charge on any atom is -0.375 e. The maximum atomic E-state index is 5.88. The first-order valence-corrected chi connectivity index (χ1v) is 9.82. The fraction of sp³-hybridized carbons (Fsp3) is 0.450. The van der Waals surface area contributed by atoms with Gasteiger partial charge in [-0.2, -0.15) is 15.2 Å². The van der Waals surface area contributed by atoms with Gasteiger partial charge in [0.25, 0.3) is 0 Å². The molecule has 5 heterocycles. The summed E-state index contributed by atoms with van der Waals surface area (Å²) < 4.78 is 9.66. The third-order valence-corrected chi connectivity index (χ3v) is 5.52. The molecule has 1 saturated heterocycles.